The van der Waals surface area contributed by atoms with E-state index < -0.39 is 12.1 Å². The molecule has 0 aliphatic heterocycles. The van der Waals surface area contributed by atoms with Crippen LogP contribution in [0.5, 0.6) is 0 Å². The lowest BCUT2D eigenvalue weighted by atomic mass is 10.0. The number of hydrogen-bond donors (Lipinski definition) is 1. The Bertz CT molecular complexity index is 838. The molecule has 1 atom stereocenters. The average Bonchev–Trinajstić information content (AvgIpc) is 2.79. The number of alkyl carbamates (subject to hydrolysis) is 1. The minimum Gasteiger partial charge on any atom is -0.445 e. The van der Waals surface area contributed by atoms with Crippen molar-refractivity contribution in [3.8, 4) is 0 Å². The van der Waals surface area contributed by atoms with Crippen molar-refractivity contribution < 1.29 is 19.1 Å². The second-order valence-corrected chi connectivity index (χ2v) is 7.21. The van der Waals surface area contributed by atoms with Gasteiger partial charge in [0.2, 0.25) is 11.8 Å². The van der Waals surface area contributed by atoms with Gasteiger partial charge in [-0.3, -0.25) is 9.59 Å². The highest BCUT2D eigenvalue weighted by Gasteiger charge is 2.27. The van der Waals surface area contributed by atoms with E-state index in [9.17, 15) is 14.4 Å². The van der Waals surface area contributed by atoms with Crippen molar-refractivity contribution in [2.24, 2.45) is 0 Å². The first-order valence-electron chi connectivity index (χ1n) is 10.5. The van der Waals surface area contributed by atoms with E-state index in [0.717, 1.165) is 11.1 Å². The molecule has 2 aromatic carbocycles. The van der Waals surface area contributed by atoms with E-state index in [1.165, 1.54) is 4.90 Å². The van der Waals surface area contributed by atoms with Gasteiger partial charge in [-0.05, 0) is 25.0 Å². The Morgan fingerprint density at radius 3 is 2.00 bits per heavy atom. The zero-order chi connectivity index (χ0) is 22.6. The van der Waals surface area contributed by atoms with Crippen molar-refractivity contribution in [3.63, 3.8) is 0 Å². The molecule has 3 amide bonds. The summed E-state index contributed by atoms with van der Waals surface area (Å²) in [7, 11) is 1.57. The lowest BCUT2D eigenvalue weighted by molar-refractivity contribution is -0.140. The van der Waals surface area contributed by atoms with Gasteiger partial charge < -0.3 is 19.9 Å². The zero-order valence-corrected chi connectivity index (χ0v) is 18.4. The molecule has 0 saturated heterocycles. The van der Waals surface area contributed by atoms with Gasteiger partial charge in [-0.1, -0.05) is 60.7 Å². The summed E-state index contributed by atoms with van der Waals surface area (Å²) in [5.41, 5.74) is 1.75. The first-order valence-corrected chi connectivity index (χ1v) is 10.5. The summed E-state index contributed by atoms with van der Waals surface area (Å²) >= 11 is 0. The fraction of sp³-hybridized carbons (Fsp3) is 0.375. The molecular weight excluding hydrogens is 394 g/mol. The summed E-state index contributed by atoms with van der Waals surface area (Å²) in [4.78, 5) is 40.9. The van der Waals surface area contributed by atoms with Gasteiger partial charge in [0.05, 0.1) is 6.54 Å². The molecule has 0 radical (unpaired) electrons. The third-order valence-corrected chi connectivity index (χ3v) is 4.95. The predicted molar refractivity (Wildman–Crippen MR) is 119 cm³/mol. The van der Waals surface area contributed by atoms with Crippen molar-refractivity contribution in [2.75, 3.05) is 26.7 Å². The van der Waals surface area contributed by atoms with Crippen LogP contribution in [0.2, 0.25) is 0 Å². The second-order valence-electron chi connectivity index (χ2n) is 7.21. The molecule has 31 heavy (non-hydrogen) atoms. The fourth-order valence-electron chi connectivity index (χ4n) is 3.18. The maximum Gasteiger partial charge on any atom is 0.408 e. The Balaban J connectivity index is 2.05. The fourth-order valence-corrected chi connectivity index (χ4v) is 3.18. The third-order valence-electron chi connectivity index (χ3n) is 4.95. The van der Waals surface area contributed by atoms with Crippen LogP contribution in [0.1, 0.15) is 25.0 Å². The quantitative estimate of drug-likeness (QED) is 0.635. The monoisotopic (exact) mass is 425 g/mol. The molecule has 1 N–H and O–H groups in total. The van der Waals surface area contributed by atoms with Crippen LogP contribution in [-0.4, -0.2) is 60.4 Å². The lowest BCUT2D eigenvalue weighted by Gasteiger charge is -2.27. The van der Waals surface area contributed by atoms with Crippen molar-refractivity contribution in [1.82, 2.24) is 15.1 Å². The van der Waals surface area contributed by atoms with Crippen LogP contribution in [0.3, 0.4) is 0 Å². The van der Waals surface area contributed by atoms with E-state index in [1.54, 1.807) is 11.9 Å². The Morgan fingerprint density at radius 2 is 1.45 bits per heavy atom. The topological polar surface area (TPSA) is 79.0 Å². The molecule has 0 heterocycles. The first-order chi connectivity index (χ1) is 14.9. The summed E-state index contributed by atoms with van der Waals surface area (Å²) in [6, 6.07) is 17.9. The summed E-state index contributed by atoms with van der Waals surface area (Å²) in [6.07, 6.45) is -0.384. The molecule has 0 unspecified atom stereocenters. The smallest absolute Gasteiger partial charge is 0.408 e. The summed E-state index contributed by atoms with van der Waals surface area (Å²) in [5, 5.41) is 2.67. The molecule has 2 rings (SSSR count). The number of carbonyl (C=O) groups is 3. The van der Waals surface area contributed by atoms with Crippen molar-refractivity contribution in [1.29, 1.82) is 0 Å². The highest BCUT2D eigenvalue weighted by atomic mass is 16.5. The molecule has 2 aromatic rings. The number of benzene rings is 2. The molecule has 0 fully saturated rings. The molecule has 0 aliphatic rings. The van der Waals surface area contributed by atoms with E-state index in [1.807, 2.05) is 74.5 Å². The Morgan fingerprint density at radius 1 is 0.903 bits per heavy atom. The molecule has 0 bridgehead atoms. The molecular formula is C24H31N3O4. The van der Waals surface area contributed by atoms with Crippen LogP contribution >= 0.6 is 0 Å². The standard InChI is InChI=1S/C24H31N3O4/c1-4-27(5-2)22(28)17-26(3)23(29)21(16-19-12-8-6-9-13-19)25-24(30)31-18-20-14-10-7-11-15-20/h6-15,21H,4-5,16-18H2,1-3H3,(H,25,30)/t21-/m0/s1. The van der Waals surface area contributed by atoms with Gasteiger partial charge in [-0.2, -0.15) is 0 Å². The molecule has 7 nitrogen and oxygen atoms in total. The molecule has 0 aromatic heterocycles. The minimum absolute atomic E-state index is 0.0491. The number of hydrogen-bond acceptors (Lipinski definition) is 4. The van der Waals surface area contributed by atoms with E-state index in [-0.39, 0.29) is 25.0 Å². The molecule has 0 saturated carbocycles. The van der Waals surface area contributed by atoms with Crippen LogP contribution in [0.25, 0.3) is 0 Å². The van der Waals surface area contributed by atoms with Gasteiger partial charge in [0, 0.05) is 26.6 Å². The Hall–Kier alpha value is -3.35. The minimum atomic E-state index is -0.847. The zero-order valence-electron chi connectivity index (χ0n) is 18.4. The van der Waals surface area contributed by atoms with Gasteiger partial charge in [-0.15, -0.1) is 0 Å². The van der Waals surface area contributed by atoms with Gasteiger partial charge in [0.15, 0.2) is 0 Å². The van der Waals surface area contributed by atoms with Crippen LogP contribution < -0.4 is 5.32 Å². The molecule has 166 valence electrons. The number of amides is 3. The third kappa shape index (κ3) is 7.77. The van der Waals surface area contributed by atoms with Gasteiger partial charge in [0.1, 0.15) is 12.6 Å². The molecule has 0 spiro atoms. The van der Waals surface area contributed by atoms with E-state index in [2.05, 4.69) is 5.32 Å². The lowest BCUT2D eigenvalue weighted by Crippen LogP contribution is -2.51. The van der Waals surface area contributed by atoms with Gasteiger partial charge in [0.25, 0.3) is 0 Å². The van der Waals surface area contributed by atoms with Crippen molar-refractivity contribution >= 4 is 17.9 Å². The number of nitrogens with zero attached hydrogens (tertiary/aromatic N) is 2. The van der Waals surface area contributed by atoms with Crippen LogP contribution in [0.15, 0.2) is 60.7 Å². The maximum atomic E-state index is 13.1. The number of nitrogens with one attached hydrogen (secondary N) is 1. The predicted octanol–water partition coefficient (Wildman–Crippen LogP) is 2.85. The van der Waals surface area contributed by atoms with Crippen LogP contribution in [0, 0.1) is 0 Å². The average molecular weight is 426 g/mol. The van der Waals surface area contributed by atoms with E-state index in [0.29, 0.717) is 19.5 Å². The van der Waals surface area contributed by atoms with E-state index >= 15 is 0 Å². The molecule has 0 aliphatic carbocycles. The second kappa shape index (κ2) is 12.4. The summed E-state index contributed by atoms with van der Waals surface area (Å²) < 4.78 is 5.28. The SMILES string of the molecule is CCN(CC)C(=O)CN(C)C(=O)[C@H](Cc1ccccc1)NC(=O)OCc1ccccc1. The number of rotatable bonds is 10. The van der Waals surface area contributed by atoms with Crippen molar-refractivity contribution in [3.05, 3.63) is 71.8 Å². The normalized spacial score (nSPS) is 11.3. The maximum absolute atomic E-state index is 13.1. The van der Waals surface area contributed by atoms with Crippen LogP contribution in [-0.2, 0) is 27.4 Å². The van der Waals surface area contributed by atoms with Gasteiger partial charge >= 0.3 is 6.09 Å². The number of carbonyl (C=O) groups excluding carboxylic acids is 3. The molecule has 7 heteroatoms. The number of ether oxygens (including phenoxy) is 1. The highest BCUT2D eigenvalue weighted by molar-refractivity contribution is 5.89. The Labute approximate surface area is 184 Å². The largest absolute Gasteiger partial charge is 0.445 e. The van der Waals surface area contributed by atoms with Crippen LogP contribution in [0.4, 0.5) is 4.79 Å². The Kier molecular flexibility index (Phi) is 9.55. The summed E-state index contributed by atoms with van der Waals surface area (Å²) in [5.74, 6) is -0.480. The van der Waals surface area contributed by atoms with Gasteiger partial charge in [-0.25, -0.2) is 4.79 Å². The summed E-state index contributed by atoms with van der Waals surface area (Å²) in [6.45, 7) is 5.00. The van der Waals surface area contributed by atoms with E-state index in [4.69, 9.17) is 4.74 Å². The van der Waals surface area contributed by atoms with Crippen molar-refractivity contribution in [2.45, 2.75) is 32.9 Å². The first kappa shape index (κ1) is 23.9. The number of likely N-dealkylation sites (N-methyl/N-ethyl adjacent to an activating group) is 2. The highest BCUT2D eigenvalue weighted by Crippen LogP contribution is 2.08.